The second-order valence-corrected chi connectivity index (χ2v) is 5.15. The van der Waals surface area contributed by atoms with Gasteiger partial charge in [-0.25, -0.2) is 0 Å². The Bertz CT molecular complexity index is 837. The number of hydrogen-bond acceptors (Lipinski definition) is 6. The van der Waals surface area contributed by atoms with E-state index in [0.29, 0.717) is 5.75 Å². The van der Waals surface area contributed by atoms with Crippen molar-refractivity contribution in [1.82, 2.24) is 0 Å². The summed E-state index contributed by atoms with van der Waals surface area (Å²) in [6, 6.07) is 5.71. The fraction of sp³-hybridized carbons (Fsp3) is 0.176. The first-order chi connectivity index (χ1) is 11.0. The quantitative estimate of drug-likeness (QED) is 0.768. The third-order valence-corrected chi connectivity index (χ3v) is 3.86. The zero-order valence-electron chi connectivity index (χ0n) is 12.5. The Hall–Kier alpha value is -2.86. The lowest BCUT2D eigenvalue weighted by Gasteiger charge is -2.21. The Morgan fingerprint density at radius 3 is 2.35 bits per heavy atom. The van der Waals surface area contributed by atoms with Gasteiger partial charge >= 0.3 is 0 Å². The van der Waals surface area contributed by atoms with E-state index in [-0.39, 0.29) is 40.2 Å². The third kappa shape index (κ3) is 2.15. The van der Waals surface area contributed by atoms with E-state index >= 15 is 0 Å². The van der Waals surface area contributed by atoms with E-state index in [1.165, 1.54) is 32.4 Å². The maximum Gasteiger partial charge on any atom is 0.198 e. The smallest absolute Gasteiger partial charge is 0.198 e. The van der Waals surface area contributed by atoms with Crippen LogP contribution in [0.1, 0.15) is 37.4 Å². The van der Waals surface area contributed by atoms with Gasteiger partial charge in [0.2, 0.25) is 0 Å². The molecule has 0 aromatic heterocycles. The lowest BCUT2D eigenvalue weighted by molar-refractivity contribution is 0.0975. The van der Waals surface area contributed by atoms with Crippen molar-refractivity contribution >= 4 is 11.6 Å². The molecule has 6 heteroatoms. The highest BCUT2D eigenvalue weighted by Gasteiger charge is 2.34. The van der Waals surface area contributed by atoms with Gasteiger partial charge < -0.3 is 19.7 Å². The first-order valence-electron chi connectivity index (χ1n) is 6.83. The molecular formula is C17H14O6. The minimum atomic E-state index is -0.480. The van der Waals surface area contributed by atoms with Crippen LogP contribution >= 0.6 is 0 Å². The number of ether oxygens (including phenoxy) is 2. The largest absolute Gasteiger partial charge is 0.507 e. The van der Waals surface area contributed by atoms with Gasteiger partial charge in [0.05, 0.1) is 24.8 Å². The van der Waals surface area contributed by atoms with Crippen molar-refractivity contribution in [1.29, 1.82) is 0 Å². The van der Waals surface area contributed by atoms with Crippen LogP contribution in [0.2, 0.25) is 0 Å². The van der Waals surface area contributed by atoms with Gasteiger partial charge in [-0.05, 0) is 24.3 Å². The van der Waals surface area contributed by atoms with E-state index in [1.807, 2.05) is 0 Å². The fourth-order valence-corrected chi connectivity index (χ4v) is 2.71. The number of ketones is 2. The van der Waals surface area contributed by atoms with Crippen LogP contribution in [0.15, 0.2) is 24.3 Å². The van der Waals surface area contributed by atoms with Gasteiger partial charge in [-0.2, -0.15) is 0 Å². The molecule has 2 N–H and O–H groups in total. The molecule has 0 spiro atoms. The summed E-state index contributed by atoms with van der Waals surface area (Å²) in [5.74, 6) is -1.22. The molecule has 0 saturated carbocycles. The van der Waals surface area contributed by atoms with Gasteiger partial charge in [-0.15, -0.1) is 0 Å². The normalized spacial score (nSPS) is 12.8. The number of hydrogen-bond donors (Lipinski definition) is 2. The van der Waals surface area contributed by atoms with E-state index < -0.39 is 17.3 Å². The average Bonchev–Trinajstić information content (AvgIpc) is 2.55. The summed E-state index contributed by atoms with van der Waals surface area (Å²) in [5.41, 5.74) is 0.292. The molecule has 0 atom stereocenters. The van der Waals surface area contributed by atoms with E-state index in [0.717, 1.165) is 0 Å². The number of carbonyl (C=O) groups is 2. The van der Waals surface area contributed by atoms with Crippen molar-refractivity contribution < 1.29 is 29.3 Å². The van der Waals surface area contributed by atoms with Gasteiger partial charge in [0, 0.05) is 23.8 Å². The van der Waals surface area contributed by atoms with Crippen molar-refractivity contribution in [2.75, 3.05) is 14.2 Å². The monoisotopic (exact) mass is 314 g/mol. The number of fused-ring (bicyclic) bond motifs is 2. The van der Waals surface area contributed by atoms with E-state index in [1.54, 1.807) is 6.07 Å². The van der Waals surface area contributed by atoms with Crippen LogP contribution in [0.25, 0.3) is 0 Å². The molecule has 3 rings (SSSR count). The van der Waals surface area contributed by atoms with Crippen molar-refractivity contribution in [3.05, 3.63) is 52.1 Å². The molecule has 23 heavy (non-hydrogen) atoms. The molecule has 118 valence electrons. The molecule has 1 aliphatic rings. The van der Waals surface area contributed by atoms with Crippen LogP contribution in [0.4, 0.5) is 0 Å². The molecule has 0 unspecified atom stereocenters. The molecule has 6 nitrogen and oxygen atoms in total. The highest BCUT2D eigenvalue weighted by Crippen LogP contribution is 2.40. The molecule has 2 aromatic carbocycles. The molecule has 2 aromatic rings. The molecule has 0 fully saturated rings. The molecule has 0 aliphatic heterocycles. The van der Waals surface area contributed by atoms with Crippen LogP contribution in [0.3, 0.4) is 0 Å². The summed E-state index contributed by atoms with van der Waals surface area (Å²) in [4.78, 5) is 25.3. The number of phenolic OH excluding ortho intramolecular Hbond substituents is 2. The number of benzene rings is 2. The number of phenols is 2. The number of rotatable bonds is 3. The van der Waals surface area contributed by atoms with E-state index in [4.69, 9.17) is 9.47 Å². The van der Waals surface area contributed by atoms with Crippen LogP contribution < -0.4 is 4.74 Å². The number of carbonyl (C=O) groups excluding carboxylic acids is 2. The fourth-order valence-electron chi connectivity index (χ4n) is 2.71. The van der Waals surface area contributed by atoms with Gasteiger partial charge in [-0.1, -0.05) is 0 Å². The summed E-state index contributed by atoms with van der Waals surface area (Å²) in [6.45, 7) is -0.0815. The molecule has 0 bridgehead atoms. The number of aromatic hydroxyl groups is 2. The summed E-state index contributed by atoms with van der Waals surface area (Å²) >= 11 is 0. The zero-order chi connectivity index (χ0) is 16.7. The average molecular weight is 314 g/mol. The Morgan fingerprint density at radius 1 is 0.957 bits per heavy atom. The third-order valence-electron chi connectivity index (χ3n) is 3.86. The minimum absolute atomic E-state index is 0.0365. The second kappa shape index (κ2) is 5.40. The molecule has 0 heterocycles. The summed E-state index contributed by atoms with van der Waals surface area (Å²) < 4.78 is 9.98. The highest BCUT2D eigenvalue weighted by atomic mass is 16.5. The summed E-state index contributed by atoms with van der Waals surface area (Å²) in [5, 5.41) is 20.3. The maximum absolute atomic E-state index is 12.7. The first kappa shape index (κ1) is 15.1. The zero-order valence-corrected chi connectivity index (χ0v) is 12.5. The minimum Gasteiger partial charge on any atom is -0.507 e. The summed E-state index contributed by atoms with van der Waals surface area (Å²) in [7, 11) is 2.85. The lowest BCUT2D eigenvalue weighted by atomic mass is 9.82. The van der Waals surface area contributed by atoms with Crippen LogP contribution in [0, 0.1) is 0 Å². The summed E-state index contributed by atoms with van der Waals surface area (Å²) in [6.07, 6.45) is 0. The van der Waals surface area contributed by atoms with Gasteiger partial charge in [-0.3, -0.25) is 9.59 Å². The SMILES string of the molecule is COCc1c(O)cc2c(c1O)C(=O)c1ccc(OC)cc1C2=O. The van der Waals surface area contributed by atoms with Crippen LogP contribution in [-0.2, 0) is 11.3 Å². The molecule has 0 saturated heterocycles. The van der Waals surface area contributed by atoms with Crippen LogP contribution in [-0.4, -0.2) is 36.0 Å². The molecule has 0 amide bonds. The molecule has 1 aliphatic carbocycles. The van der Waals surface area contributed by atoms with Crippen molar-refractivity contribution in [2.45, 2.75) is 6.61 Å². The van der Waals surface area contributed by atoms with Gasteiger partial charge in [0.15, 0.2) is 11.6 Å². The second-order valence-electron chi connectivity index (χ2n) is 5.15. The predicted octanol–water partition coefficient (Wildman–Crippen LogP) is 2.03. The van der Waals surface area contributed by atoms with Gasteiger partial charge in [0.1, 0.15) is 17.2 Å². The van der Waals surface area contributed by atoms with Gasteiger partial charge in [0.25, 0.3) is 0 Å². The van der Waals surface area contributed by atoms with Crippen LogP contribution in [0.5, 0.6) is 17.2 Å². The van der Waals surface area contributed by atoms with Crippen molar-refractivity contribution in [2.24, 2.45) is 0 Å². The Kier molecular flexibility index (Phi) is 3.54. The Balaban J connectivity index is 2.26. The Labute approximate surface area is 131 Å². The number of methoxy groups -OCH3 is 2. The lowest BCUT2D eigenvalue weighted by Crippen LogP contribution is -2.21. The van der Waals surface area contributed by atoms with E-state index in [2.05, 4.69) is 0 Å². The Morgan fingerprint density at radius 2 is 1.70 bits per heavy atom. The highest BCUT2D eigenvalue weighted by molar-refractivity contribution is 6.29. The van der Waals surface area contributed by atoms with Crippen molar-refractivity contribution in [3.63, 3.8) is 0 Å². The first-order valence-corrected chi connectivity index (χ1v) is 6.83. The molecule has 0 radical (unpaired) electrons. The standard InChI is InChI=1S/C17H14O6/c1-22-7-12-13(18)6-11-14(17(12)21)16(20)9-4-3-8(23-2)5-10(9)15(11)19/h3-6,18,21H,7H2,1-2H3. The van der Waals surface area contributed by atoms with E-state index in [9.17, 15) is 19.8 Å². The molecular weight excluding hydrogens is 300 g/mol. The topological polar surface area (TPSA) is 93.1 Å². The predicted molar refractivity (Wildman–Crippen MR) is 80.3 cm³/mol. The van der Waals surface area contributed by atoms with Crippen molar-refractivity contribution in [3.8, 4) is 17.2 Å². The maximum atomic E-state index is 12.7.